The van der Waals surface area contributed by atoms with Crippen molar-refractivity contribution >= 4 is 17.4 Å². The molecular weight excluding hydrogens is 367 g/mol. The predicted octanol–water partition coefficient (Wildman–Crippen LogP) is 1.14. The second-order valence-electron chi connectivity index (χ2n) is 6.80. The topological polar surface area (TPSA) is 110 Å². The molecule has 0 aliphatic rings. The van der Waals surface area contributed by atoms with Gasteiger partial charge in [-0.05, 0) is 17.5 Å². The molecule has 2 aromatic rings. The number of methoxy groups -OCH3 is 1. The van der Waals surface area contributed by atoms with Crippen molar-refractivity contribution in [3.8, 4) is 0 Å². The maximum atomic E-state index is 14.0. The molecule has 1 heterocycles. The molecule has 0 aliphatic heterocycles. The standard InChI is InChI=1S/C19H25FN4O4/c1-12(2)11-24-17(21)16(18(26)22-19(24)27)23(8-9-28-3)15(25)10-13-6-4-5-7-14(13)20/h4-7,12H,8-11,21H2,1-3H3,(H,22,26,27). The summed E-state index contributed by atoms with van der Waals surface area (Å²) in [6.07, 6.45) is -0.265. The lowest BCUT2D eigenvalue weighted by Gasteiger charge is -2.25. The summed E-state index contributed by atoms with van der Waals surface area (Å²) in [5.41, 5.74) is 4.73. The van der Waals surface area contributed by atoms with Crippen LogP contribution in [-0.4, -0.2) is 35.7 Å². The molecule has 1 aromatic carbocycles. The number of carbonyl (C=O) groups is 1. The van der Waals surface area contributed by atoms with E-state index in [0.717, 1.165) is 4.90 Å². The summed E-state index contributed by atoms with van der Waals surface area (Å²) in [7, 11) is 1.45. The molecule has 0 fully saturated rings. The highest BCUT2D eigenvalue weighted by Crippen LogP contribution is 2.19. The summed E-state index contributed by atoms with van der Waals surface area (Å²) in [4.78, 5) is 40.9. The van der Waals surface area contributed by atoms with Crippen LogP contribution in [0.15, 0.2) is 33.9 Å². The fourth-order valence-corrected chi connectivity index (χ4v) is 2.83. The first-order chi connectivity index (χ1) is 13.3. The zero-order chi connectivity index (χ0) is 20.8. The van der Waals surface area contributed by atoms with Gasteiger partial charge in [0, 0.05) is 20.2 Å². The van der Waals surface area contributed by atoms with E-state index in [1.165, 1.54) is 29.9 Å². The number of benzene rings is 1. The van der Waals surface area contributed by atoms with Gasteiger partial charge in [-0.15, -0.1) is 0 Å². The summed E-state index contributed by atoms with van der Waals surface area (Å²) in [5.74, 6) is -1.08. The molecule has 3 N–H and O–H groups in total. The van der Waals surface area contributed by atoms with Gasteiger partial charge in [0.25, 0.3) is 5.56 Å². The molecule has 8 nitrogen and oxygen atoms in total. The Morgan fingerprint density at radius 3 is 2.61 bits per heavy atom. The van der Waals surface area contributed by atoms with Crippen LogP contribution in [0.4, 0.5) is 15.9 Å². The van der Waals surface area contributed by atoms with E-state index in [1.807, 2.05) is 13.8 Å². The van der Waals surface area contributed by atoms with Gasteiger partial charge in [0.1, 0.15) is 11.6 Å². The fraction of sp³-hybridized carbons (Fsp3) is 0.421. The first-order valence-corrected chi connectivity index (χ1v) is 8.91. The van der Waals surface area contributed by atoms with Crippen molar-refractivity contribution in [1.82, 2.24) is 9.55 Å². The Bertz CT molecular complexity index is 952. The van der Waals surface area contributed by atoms with Crippen LogP contribution in [0.5, 0.6) is 0 Å². The van der Waals surface area contributed by atoms with Gasteiger partial charge in [0.05, 0.1) is 13.0 Å². The molecule has 0 unspecified atom stereocenters. The van der Waals surface area contributed by atoms with E-state index in [2.05, 4.69) is 4.98 Å². The summed E-state index contributed by atoms with van der Waals surface area (Å²) in [5, 5.41) is 0. The molecule has 0 saturated carbocycles. The number of H-pyrrole nitrogens is 1. The number of aromatic nitrogens is 2. The van der Waals surface area contributed by atoms with Crippen LogP contribution >= 0.6 is 0 Å². The average Bonchev–Trinajstić information content (AvgIpc) is 2.63. The van der Waals surface area contributed by atoms with Gasteiger partial charge in [-0.3, -0.25) is 19.1 Å². The van der Waals surface area contributed by atoms with Crippen LogP contribution in [0.2, 0.25) is 0 Å². The Labute approximate surface area is 161 Å². The van der Waals surface area contributed by atoms with E-state index in [9.17, 15) is 18.8 Å². The third-order valence-electron chi connectivity index (χ3n) is 4.15. The van der Waals surface area contributed by atoms with Crippen molar-refractivity contribution in [3.05, 3.63) is 56.5 Å². The smallest absolute Gasteiger partial charge is 0.330 e. The maximum Gasteiger partial charge on any atom is 0.330 e. The normalized spacial score (nSPS) is 11.0. The van der Waals surface area contributed by atoms with Crippen LogP contribution in [0.25, 0.3) is 0 Å². The summed E-state index contributed by atoms with van der Waals surface area (Å²) in [6, 6.07) is 5.90. The number of halogens is 1. The van der Waals surface area contributed by atoms with Crippen molar-refractivity contribution in [2.75, 3.05) is 30.9 Å². The van der Waals surface area contributed by atoms with Gasteiger partial charge in [0.2, 0.25) is 5.91 Å². The largest absolute Gasteiger partial charge is 0.383 e. The number of anilines is 2. The minimum absolute atomic E-state index is 0.0248. The molecule has 1 amide bonds. The molecule has 1 aromatic heterocycles. The lowest BCUT2D eigenvalue weighted by Crippen LogP contribution is -2.43. The second kappa shape index (κ2) is 9.32. The van der Waals surface area contributed by atoms with Crippen molar-refractivity contribution in [3.63, 3.8) is 0 Å². The van der Waals surface area contributed by atoms with E-state index in [-0.39, 0.29) is 49.1 Å². The van der Waals surface area contributed by atoms with Crippen LogP contribution < -0.4 is 21.9 Å². The molecule has 9 heteroatoms. The Morgan fingerprint density at radius 2 is 2.00 bits per heavy atom. The number of nitrogen functional groups attached to an aromatic ring is 1. The lowest BCUT2D eigenvalue weighted by molar-refractivity contribution is -0.118. The molecular formula is C19H25FN4O4. The van der Waals surface area contributed by atoms with Gasteiger partial charge < -0.3 is 15.4 Å². The lowest BCUT2D eigenvalue weighted by atomic mass is 10.1. The number of rotatable bonds is 8. The number of nitrogens with one attached hydrogen (secondary N) is 1. The maximum absolute atomic E-state index is 14.0. The molecule has 0 atom stereocenters. The molecule has 0 spiro atoms. The van der Waals surface area contributed by atoms with E-state index < -0.39 is 23.0 Å². The highest BCUT2D eigenvalue weighted by Gasteiger charge is 2.25. The fourth-order valence-electron chi connectivity index (χ4n) is 2.83. The molecule has 0 bridgehead atoms. The van der Waals surface area contributed by atoms with Crippen molar-refractivity contribution in [2.45, 2.75) is 26.8 Å². The molecule has 0 radical (unpaired) electrons. The molecule has 152 valence electrons. The first-order valence-electron chi connectivity index (χ1n) is 8.91. The number of amides is 1. The van der Waals surface area contributed by atoms with E-state index >= 15 is 0 Å². The Morgan fingerprint density at radius 1 is 1.32 bits per heavy atom. The monoisotopic (exact) mass is 392 g/mol. The minimum atomic E-state index is -0.777. The zero-order valence-electron chi connectivity index (χ0n) is 16.2. The summed E-state index contributed by atoms with van der Waals surface area (Å²) >= 11 is 0. The van der Waals surface area contributed by atoms with E-state index in [1.54, 1.807) is 6.07 Å². The number of hydrogen-bond acceptors (Lipinski definition) is 5. The summed E-state index contributed by atoms with van der Waals surface area (Å²) < 4.78 is 20.2. The number of nitrogens with two attached hydrogens (primary N) is 1. The molecule has 2 rings (SSSR count). The third kappa shape index (κ3) is 4.86. The van der Waals surface area contributed by atoms with Crippen molar-refractivity contribution in [1.29, 1.82) is 0 Å². The van der Waals surface area contributed by atoms with Gasteiger partial charge in [-0.2, -0.15) is 0 Å². The predicted molar refractivity (Wildman–Crippen MR) is 105 cm³/mol. The third-order valence-corrected chi connectivity index (χ3v) is 4.15. The van der Waals surface area contributed by atoms with Gasteiger partial charge >= 0.3 is 5.69 Å². The average molecular weight is 392 g/mol. The minimum Gasteiger partial charge on any atom is -0.383 e. The zero-order valence-corrected chi connectivity index (χ0v) is 16.2. The van der Waals surface area contributed by atoms with E-state index in [4.69, 9.17) is 10.5 Å². The SMILES string of the molecule is COCCN(C(=O)Cc1ccccc1F)c1c(N)n(CC(C)C)c(=O)[nH]c1=O. The molecule has 28 heavy (non-hydrogen) atoms. The highest BCUT2D eigenvalue weighted by atomic mass is 19.1. The number of aromatic amines is 1. The van der Waals surface area contributed by atoms with Crippen LogP contribution in [0.1, 0.15) is 19.4 Å². The Balaban J connectivity index is 2.50. The second-order valence-corrected chi connectivity index (χ2v) is 6.80. The highest BCUT2D eigenvalue weighted by molar-refractivity contribution is 5.96. The van der Waals surface area contributed by atoms with Crippen LogP contribution in [0.3, 0.4) is 0 Å². The van der Waals surface area contributed by atoms with Crippen LogP contribution in [0, 0.1) is 11.7 Å². The number of nitrogens with zero attached hydrogens (tertiary/aromatic N) is 2. The van der Waals surface area contributed by atoms with Crippen LogP contribution in [-0.2, 0) is 22.5 Å². The number of carbonyl (C=O) groups excluding carboxylic acids is 1. The van der Waals surface area contributed by atoms with Gasteiger partial charge in [-0.1, -0.05) is 32.0 Å². The molecule has 0 saturated heterocycles. The Hall–Kier alpha value is -2.94. The number of ether oxygens (including phenoxy) is 1. The van der Waals surface area contributed by atoms with Crippen molar-refractivity contribution in [2.24, 2.45) is 5.92 Å². The summed E-state index contributed by atoms with van der Waals surface area (Å²) in [6.45, 7) is 4.21. The van der Waals surface area contributed by atoms with E-state index in [0.29, 0.717) is 0 Å². The molecule has 0 aliphatic carbocycles. The van der Waals surface area contributed by atoms with Crippen molar-refractivity contribution < 1.29 is 13.9 Å². The number of hydrogen-bond donors (Lipinski definition) is 2. The Kier molecular flexibility index (Phi) is 7.11. The quantitative estimate of drug-likeness (QED) is 0.700. The van der Waals surface area contributed by atoms with Gasteiger partial charge in [-0.25, -0.2) is 9.18 Å². The van der Waals surface area contributed by atoms with Gasteiger partial charge in [0.15, 0.2) is 5.69 Å². The first kappa shape index (κ1) is 21.4.